The summed E-state index contributed by atoms with van der Waals surface area (Å²) in [6.07, 6.45) is 4.98. The minimum absolute atomic E-state index is 0.124. The van der Waals surface area contributed by atoms with Crippen molar-refractivity contribution < 1.29 is 4.79 Å². The number of nitrogens with zero attached hydrogens (tertiary/aromatic N) is 3. The van der Waals surface area contributed by atoms with E-state index < -0.39 is 0 Å². The molecule has 2 heterocycles. The van der Waals surface area contributed by atoms with Crippen molar-refractivity contribution in [2.75, 3.05) is 32.1 Å². The highest BCUT2D eigenvalue weighted by molar-refractivity contribution is 5.94. The van der Waals surface area contributed by atoms with Gasteiger partial charge in [0.2, 0.25) is 0 Å². The minimum atomic E-state index is 0.124. The van der Waals surface area contributed by atoms with Crippen LogP contribution in [0.25, 0.3) is 0 Å². The lowest BCUT2D eigenvalue weighted by atomic mass is 9.90. The normalized spacial score (nSPS) is 15.3. The van der Waals surface area contributed by atoms with Gasteiger partial charge in [0.05, 0.1) is 0 Å². The van der Waals surface area contributed by atoms with Gasteiger partial charge in [0.15, 0.2) is 0 Å². The van der Waals surface area contributed by atoms with Gasteiger partial charge >= 0.3 is 0 Å². The molecule has 4 heteroatoms. The molecule has 0 bridgehead atoms. The van der Waals surface area contributed by atoms with Gasteiger partial charge in [-0.1, -0.05) is 30.3 Å². The number of aromatic nitrogens is 1. The maximum absolute atomic E-state index is 12.7. The highest BCUT2D eigenvalue weighted by atomic mass is 16.2. The number of benzene rings is 1. The third-order valence-corrected chi connectivity index (χ3v) is 4.72. The van der Waals surface area contributed by atoms with Crippen molar-refractivity contribution in [1.82, 2.24) is 9.88 Å². The second kappa shape index (κ2) is 7.47. The van der Waals surface area contributed by atoms with E-state index in [0.29, 0.717) is 5.92 Å². The fourth-order valence-corrected chi connectivity index (χ4v) is 3.27. The van der Waals surface area contributed by atoms with Crippen LogP contribution in [-0.4, -0.2) is 43.0 Å². The zero-order valence-electron chi connectivity index (χ0n) is 14.5. The molecule has 1 saturated heterocycles. The molecule has 1 aliphatic rings. The first kappa shape index (κ1) is 16.5. The smallest absolute Gasteiger partial charge is 0.254 e. The molecule has 1 amide bonds. The van der Waals surface area contributed by atoms with Crippen LogP contribution in [0.5, 0.6) is 0 Å². The van der Waals surface area contributed by atoms with E-state index in [-0.39, 0.29) is 5.91 Å². The molecule has 1 aromatic heterocycles. The molecule has 0 unspecified atom stereocenters. The predicted molar refractivity (Wildman–Crippen MR) is 97.3 cm³/mol. The summed E-state index contributed by atoms with van der Waals surface area (Å²) in [7, 11) is 3.87. The molecule has 2 aromatic rings. The van der Waals surface area contributed by atoms with Gasteiger partial charge in [0.25, 0.3) is 5.91 Å². The Kier molecular flexibility index (Phi) is 5.14. The van der Waals surface area contributed by atoms with Crippen molar-refractivity contribution in [3.05, 3.63) is 59.8 Å². The van der Waals surface area contributed by atoms with Gasteiger partial charge < -0.3 is 9.80 Å². The van der Waals surface area contributed by atoms with Crippen LogP contribution in [0.3, 0.4) is 0 Å². The average molecular weight is 323 g/mol. The molecule has 0 saturated carbocycles. The van der Waals surface area contributed by atoms with Crippen molar-refractivity contribution in [2.24, 2.45) is 5.92 Å². The molecule has 3 rings (SSSR count). The Morgan fingerprint density at radius 3 is 2.54 bits per heavy atom. The SMILES string of the molecule is CN(C)c1cc(C(=O)N2CCC(Cc3ccccc3)CC2)ccn1. The zero-order valence-corrected chi connectivity index (χ0v) is 14.5. The van der Waals surface area contributed by atoms with Crippen LogP contribution in [0.2, 0.25) is 0 Å². The van der Waals surface area contributed by atoms with Crippen LogP contribution in [0, 0.1) is 5.92 Å². The van der Waals surface area contributed by atoms with Crippen LogP contribution in [-0.2, 0) is 6.42 Å². The van der Waals surface area contributed by atoms with Gasteiger partial charge in [0, 0.05) is 38.9 Å². The van der Waals surface area contributed by atoms with E-state index >= 15 is 0 Å². The molecule has 0 atom stereocenters. The minimum Gasteiger partial charge on any atom is -0.363 e. The Balaban J connectivity index is 1.58. The number of anilines is 1. The number of amides is 1. The highest BCUT2D eigenvalue weighted by Gasteiger charge is 2.24. The molecule has 0 N–H and O–H groups in total. The fourth-order valence-electron chi connectivity index (χ4n) is 3.27. The van der Waals surface area contributed by atoms with Gasteiger partial charge in [-0.05, 0) is 42.9 Å². The number of rotatable bonds is 4. The molecule has 4 nitrogen and oxygen atoms in total. The third-order valence-electron chi connectivity index (χ3n) is 4.72. The lowest BCUT2D eigenvalue weighted by Gasteiger charge is -2.32. The van der Waals surface area contributed by atoms with Gasteiger partial charge in [-0.25, -0.2) is 4.98 Å². The quantitative estimate of drug-likeness (QED) is 0.867. The Bertz CT molecular complexity index is 676. The first-order chi connectivity index (χ1) is 11.6. The molecule has 126 valence electrons. The number of carbonyl (C=O) groups excluding carboxylic acids is 1. The average Bonchev–Trinajstić information content (AvgIpc) is 2.63. The molecule has 1 aliphatic heterocycles. The molecular formula is C20H25N3O. The molecule has 1 fully saturated rings. The monoisotopic (exact) mass is 323 g/mol. The van der Waals surface area contributed by atoms with E-state index in [2.05, 4.69) is 35.3 Å². The standard InChI is InChI=1S/C20H25N3O/c1-22(2)19-15-18(8-11-21-19)20(24)23-12-9-17(10-13-23)14-16-6-4-3-5-7-16/h3-8,11,15,17H,9-10,12-14H2,1-2H3. The van der Waals surface area contributed by atoms with E-state index in [0.717, 1.165) is 43.7 Å². The summed E-state index contributed by atoms with van der Waals surface area (Å²) < 4.78 is 0. The number of piperidine rings is 1. The van der Waals surface area contributed by atoms with E-state index in [1.54, 1.807) is 6.20 Å². The largest absolute Gasteiger partial charge is 0.363 e. The lowest BCUT2D eigenvalue weighted by molar-refractivity contribution is 0.0690. The summed E-state index contributed by atoms with van der Waals surface area (Å²) in [6.45, 7) is 1.69. The van der Waals surface area contributed by atoms with Crippen LogP contribution in [0.1, 0.15) is 28.8 Å². The van der Waals surface area contributed by atoms with Crippen LogP contribution in [0.4, 0.5) is 5.82 Å². The van der Waals surface area contributed by atoms with Crippen LogP contribution < -0.4 is 4.90 Å². The second-order valence-corrected chi connectivity index (χ2v) is 6.72. The van der Waals surface area contributed by atoms with Gasteiger partial charge in [0.1, 0.15) is 5.82 Å². The van der Waals surface area contributed by atoms with Crippen molar-refractivity contribution in [1.29, 1.82) is 0 Å². The molecular weight excluding hydrogens is 298 g/mol. The Morgan fingerprint density at radius 1 is 1.17 bits per heavy atom. The summed E-state index contributed by atoms with van der Waals surface area (Å²) >= 11 is 0. The third kappa shape index (κ3) is 3.94. The fraction of sp³-hybridized carbons (Fsp3) is 0.400. The molecule has 0 spiro atoms. The highest BCUT2D eigenvalue weighted by Crippen LogP contribution is 2.23. The molecule has 0 radical (unpaired) electrons. The van der Waals surface area contributed by atoms with Crippen LogP contribution >= 0.6 is 0 Å². The second-order valence-electron chi connectivity index (χ2n) is 6.72. The maximum Gasteiger partial charge on any atom is 0.254 e. The maximum atomic E-state index is 12.7. The number of carbonyl (C=O) groups is 1. The first-order valence-corrected chi connectivity index (χ1v) is 8.60. The van der Waals surface area contributed by atoms with E-state index in [9.17, 15) is 4.79 Å². The molecule has 1 aromatic carbocycles. The summed E-state index contributed by atoms with van der Waals surface area (Å²) in [4.78, 5) is 20.9. The summed E-state index contributed by atoms with van der Waals surface area (Å²) in [5, 5.41) is 0. The summed E-state index contributed by atoms with van der Waals surface area (Å²) in [5.41, 5.74) is 2.13. The predicted octanol–water partition coefficient (Wildman–Crippen LogP) is 3.24. The summed E-state index contributed by atoms with van der Waals surface area (Å²) in [5.74, 6) is 1.62. The van der Waals surface area contributed by atoms with Gasteiger partial charge in [-0.3, -0.25) is 4.79 Å². The van der Waals surface area contributed by atoms with Crippen molar-refractivity contribution in [2.45, 2.75) is 19.3 Å². The first-order valence-electron chi connectivity index (χ1n) is 8.60. The number of hydrogen-bond acceptors (Lipinski definition) is 3. The van der Waals surface area contributed by atoms with Gasteiger partial charge in [-0.15, -0.1) is 0 Å². The van der Waals surface area contributed by atoms with E-state index in [1.807, 2.05) is 36.0 Å². The number of hydrogen-bond donors (Lipinski definition) is 0. The van der Waals surface area contributed by atoms with Crippen molar-refractivity contribution in [3.8, 4) is 0 Å². The summed E-state index contributed by atoms with van der Waals surface area (Å²) in [6, 6.07) is 14.3. The Labute approximate surface area is 144 Å². The number of likely N-dealkylation sites (tertiary alicyclic amines) is 1. The Morgan fingerprint density at radius 2 is 1.88 bits per heavy atom. The Hall–Kier alpha value is -2.36. The van der Waals surface area contributed by atoms with Gasteiger partial charge in [-0.2, -0.15) is 0 Å². The van der Waals surface area contributed by atoms with Crippen molar-refractivity contribution in [3.63, 3.8) is 0 Å². The van der Waals surface area contributed by atoms with Crippen molar-refractivity contribution >= 4 is 11.7 Å². The van der Waals surface area contributed by atoms with Crippen LogP contribution in [0.15, 0.2) is 48.7 Å². The lowest BCUT2D eigenvalue weighted by Crippen LogP contribution is -2.39. The molecule has 24 heavy (non-hydrogen) atoms. The topological polar surface area (TPSA) is 36.4 Å². The van der Waals surface area contributed by atoms with E-state index in [4.69, 9.17) is 0 Å². The molecule has 0 aliphatic carbocycles. The zero-order chi connectivity index (χ0) is 16.9. The number of pyridine rings is 1. The van der Waals surface area contributed by atoms with E-state index in [1.165, 1.54) is 5.56 Å².